The molecule has 0 saturated carbocycles. The highest BCUT2D eigenvalue weighted by Crippen LogP contribution is 2.22. The second-order valence-corrected chi connectivity index (χ2v) is 4.19. The molecule has 1 rings (SSSR count). The fourth-order valence-corrected chi connectivity index (χ4v) is 1.72. The molecule has 2 nitrogen and oxygen atoms in total. The smallest absolute Gasteiger partial charge is 0.164 e. The van der Waals surface area contributed by atoms with Crippen LogP contribution in [-0.4, -0.2) is 19.0 Å². The summed E-state index contributed by atoms with van der Waals surface area (Å²) in [5.41, 5.74) is 0.491. The van der Waals surface area contributed by atoms with E-state index in [1.54, 1.807) is 18.2 Å². The Morgan fingerprint density at radius 2 is 2.12 bits per heavy atom. The number of hydrogen-bond donors (Lipinski definition) is 0. The van der Waals surface area contributed by atoms with E-state index in [1.807, 2.05) is 6.92 Å². The number of carbonyl (C=O) groups is 1. The predicted molar refractivity (Wildman–Crippen MR) is 66.5 cm³/mol. The van der Waals surface area contributed by atoms with E-state index in [0.29, 0.717) is 41.7 Å². The minimum atomic E-state index is 0.00667. The molecule has 0 unspecified atom stereocenters. The van der Waals surface area contributed by atoms with Crippen LogP contribution in [0.4, 0.5) is 0 Å². The number of carbonyl (C=O) groups excluding carboxylic acids is 1. The first-order valence-corrected chi connectivity index (χ1v) is 5.96. The molecule has 0 aromatic heterocycles. The van der Waals surface area contributed by atoms with E-state index < -0.39 is 0 Å². The van der Waals surface area contributed by atoms with Crippen molar-refractivity contribution in [1.29, 1.82) is 0 Å². The zero-order valence-electron chi connectivity index (χ0n) is 9.13. The van der Waals surface area contributed by atoms with Crippen LogP contribution in [0.3, 0.4) is 0 Å². The van der Waals surface area contributed by atoms with Crippen molar-refractivity contribution < 1.29 is 9.53 Å². The van der Waals surface area contributed by atoms with E-state index in [2.05, 4.69) is 0 Å². The normalized spacial score (nSPS) is 10.4. The Morgan fingerprint density at radius 3 is 2.81 bits per heavy atom. The van der Waals surface area contributed by atoms with Crippen LogP contribution in [0.2, 0.25) is 10.0 Å². The van der Waals surface area contributed by atoms with Gasteiger partial charge in [-0.05, 0) is 31.5 Å². The average Bonchev–Trinajstić information content (AvgIpc) is 2.27. The average molecular weight is 261 g/mol. The number of ether oxygens (including phenoxy) is 1. The van der Waals surface area contributed by atoms with E-state index >= 15 is 0 Å². The van der Waals surface area contributed by atoms with Crippen molar-refractivity contribution in [3.8, 4) is 0 Å². The van der Waals surface area contributed by atoms with Crippen molar-refractivity contribution >= 4 is 29.0 Å². The van der Waals surface area contributed by atoms with Gasteiger partial charge in [0.05, 0.1) is 5.02 Å². The highest BCUT2D eigenvalue weighted by Gasteiger charge is 2.10. The van der Waals surface area contributed by atoms with Crippen LogP contribution in [0.1, 0.15) is 30.1 Å². The van der Waals surface area contributed by atoms with E-state index in [9.17, 15) is 4.79 Å². The molecule has 0 amide bonds. The summed E-state index contributed by atoms with van der Waals surface area (Å²) in [6, 6.07) is 4.91. The Labute approximate surface area is 106 Å². The summed E-state index contributed by atoms with van der Waals surface area (Å²) in [7, 11) is 0. The molecule has 0 radical (unpaired) electrons. The summed E-state index contributed by atoms with van der Waals surface area (Å²) < 4.78 is 5.16. The number of hydrogen-bond acceptors (Lipinski definition) is 2. The number of benzene rings is 1. The lowest BCUT2D eigenvalue weighted by Gasteiger charge is -2.04. The molecule has 0 saturated heterocycles. The van der Waals surface area contributed by atoms with Crippen molar-refractivity contribution in [1.82, 2.24) is 0 Å². The number of ketones is 1. The molecule has 4 heteroatoms. The first kappa shape index (κ1) is 13.5. The van der Waals surface area contributed by atoms with E-state index in [1.165, 1.54) is 0 Å². The molecule has 16 heavy (non-hydrogen) atoms. The van der Waals surface area contributed by atoms with Gasteiger partial charge in [0.15, 0.2) is 5.78 Å². The highest BCUT2D eigenvalue weighted by atomic mass is 35.5. The van der Waals surface area contributed by atoms with Crippen molar-refractivity contribution in [2.24, 2.45) is 0 Å². The summed E-state index contributed by atoms with van der Waals surface area (Å²) in [4.78, 5) is 11.8. The zero-order chi connectivity index (χ0) is 12.0. The quantitative estimate of drug-likeness (QED) is 0.571. The summed E-state index contributed by atoms with van der Waals surface area (Å²) in [6.07, 6.45) is 1.13. The zero-order valence-corrected chi connectivity index (χ0v) is 10.6. The molecule has 0 spiro atoms. The summed E-state index contributed by atoms with van der Waals surface area (Å²) in [5, 5.41) is 0.975. The molecule has 0 N–H and O–H groups in total. The molecule has 0 fully saturated rings. The van der Waals surface area contributed by atoms with Crippen molar-refractivity contribution in [2.75, 3.05) is 13.2 Å². The van der Waals surface area contributed by atoms with Gasteiger partial charge in [-0.1, -0.05) is 23.2 Å². The van der Waals surface area contributed by atoms with Crippen LogP contribution in [0.25, 0.3) is 0 Å². The van der Waals surface area contributed by atoms with Crippen LogP contribution in [0.5, 0.6) is 0 Å². The maximum absolute atomic E-state index is 11.8. The maximum atomic E-state index is 11.8. The van der Waals surface area contributed by atoms with Crippen molar-refractivity contribution in [2.45, 2.75) is 19.8 Å². The molecule has 1 aromatic rings. The third-order valence-electron chi connectivity index (χ3n) is 2.13. The molecule has 1 aromatic carbocycles. The lowest BCUT2D eigenvalue weighted by Crippen LogP contribution is -2.03. The summed E-state index contributed by atoms with van der Waals surface area (Å²) >= 11 is 11.7. The highest BCUT2D eigenvalue weighted by molar-refractivity contribution is 6.35. The Hall–Kier alpha value is -0.570. The van der Waals surface area contributed by atoms with Crippen LogP contribution < -0.4 is 0 Å². The maximum Gasteiger partial charge on any atom is 0.164 e. The van der Waals surface area contributed by atoms with Crippen LogP contribution in [0.15, 0.2) is 18.2 Å². The Balaban J connectivity index is 2.55. The lowest BCUT2D eigenvalue weighted by molar-refractivity contribution is 0.0947. The van der Waals surface area contributed by atoms with Gasteiger partial charge in [-0.15, -0.1) is 0 Å². The number of halogens is 2. The third-order valence-corrected chi connectivity index (χ3v) is 2.69. The lowest BCUT2D eigenvalue weighted by atomic mass is 10.1. The molecule has 0 atom stereocenters. The molecule has 0 bridgehead atoms. The fraction of sp³-hybridized carbons (Fsp3) is 0.417. The van der Waals surface area contributed by atoms with Crippen LogP contribution >= 0.6 is 23.2 Å². The Morgan fingerprint density at radius 1 is 1.38 bits per heavy atom. The molecular weight excluding hydrogens is 247 g/mol. The summed E-state index contributed by atoms with van der Waals surface area (Å²) in [5.74, 6) is 0.00667. The minimum absolute atomic E-state index is 0.00667. The summed E-state index contributed by atoms with van der Waals surface area (Å²) in [6.45, 7) is 3.20. The topological polar surface area (TPSA) is 26.3 Å². The fourth-order valence-electron chi connectivity index (χ4n) is 1.32. The second-order valence-electron chi connectivity index (χ2n) is 3.35. The molecule has 0 aliphatic heterocycles. The van der Waals surface area contributed by atoms with Gasteiger partial charge in [-0.25, -0.2) is 0 Å². The third kappa shape index (κ3) is 4.12. The van der Waals surface area contributed by atoms with Crippen molar-refractivity contribution in [3.63, 3.8) is 0 Å². The standard InChI is InChI=1S/C12H14Cl2O2/c1-2-16-7-3-4-12(15)10-8-9(13)5-6-11(10)14/h5-6,8H,2-4,7H2,1H3. The van der Waals surface area contributed by atoms with Gasteiger partial charge in [-0.3, -0.25) is 4.79 Å². The largest absolute Gasteiger partial charge is 0.382 e. The van der Waals surface area contributed by atoms with Gasteiger partial charge in [0.1, 0.15) is 0 Å². The Bertz CT molecular complexity index is 364. The molecule has 0 aliphatic rings. The minimum Gasteiger partial charge on any atom is -0.382 e. The Kier molecular flexibility index (Phi) is 5.81. The van der Waals surface area contributed by atoms with Gasteiger partial charge in [0, 0.05) is 30.2 Å². The first-order chi connectivity index (χ1) is 7.65. The van der Waals surface area contributed by atoms with E-state index in [0.717, 1.165) is 0 Å². The van der Waals surface area contributed by atoms with Crippen LogP contribution in [-0.2, 0) is 4.74 Å². The monoisotopic (exact) mass is 260 g/mol. The molecule has 88 valence electrons. The van der Waals surface area contributed by atoms with Gasteiger partial charge in [0.2, 0.25) is 0 Å². The van der Waals surface area contributed by atoms with Gasteiger partial charge >= 0.3 is 0 Å². The van der Waals surface area contributed by atoms with Crippen molar-refractivity contribution in [3.05, 3.63) is 33.8 Å². The molecule has 0 heterocycles. The van der Waals surface area contributed by atoms with Gasteiger partial charge in [0.25, 0.3) is 0 Å². The number of Topliss-reactive ketones (excluding diaryl/α,β-unsaturated/α-hetero) is 1. The molecule has 0 aliphatic carbocycles. The van der Waals surface area contributed by atoms with Gasteiger partial charge in [-0.2, -0.15) is 0 Å². The molecular formula is C12H14Cl2O2. The number of rotatable bonds is 6. The SMILES string of the molecule is CCOCCCC(=O)c1cc(Cl)ccc1Cl. The predicted octanol–water partition coefficient (Wildman–Crippen LogP) is 3.99. The van der Waals surface area contributed by atoms with Crippen LogP contribution in [0, 0.1) is 0 Å². The first-order valence-electron chi connectivity index (χ1n) is 5.21. The van der Waals surface area contributed by atoms with E-state index in [4.69, 9.17) is 27.9 Å². The van der Waals surface area contributed by atoms with E-state index in [-0.39, 0.29) is 5.78 Å². The van der Waals surface area contributed by atoms with Gasteiger partial charge < -0.3 is 4.74 Å². The second kappa shape index (κ2) is 6.89.